The van der Waals surface area contributed by atoms with E-state index < -0.39 is 0 Å². The summed E-state index contributed by atoms with van der Waals surface area (Å²) in [7, 11) is 1.66. The fraction of sp³-hybridized carbons (Fsp3) is 0.500. The van der Waals surface area contributed by atoms with E-state index >= 15 is 0 Å². The Morgan fingerprint density at radius 3 is 2.55 bits per heavy atom. The number of halogens is 1. The molecule has 1 rings (SSSR count). The van der Waals surface area contributed by atoms with E-state index in [1.807, 2.05) is 24.3 Å². The first-order chi connectivity index (χ1) is 9.86. The topological polar surface area (TPSA) is 27.7 Å². The highest BCUT2D eigenvalue weighted by atomic mass is 35.5. The highest BCUT2D eigenvalue weighted by Crippen LogP contribution is 2.11. The maximum atomic E-state index is 5.61. The molecule has 1 aromatic carbocycles. The average Bonchev–Trinajstić information content (AvgIpc) is 2.48. The van der Waals surface area contributed by atoms with Gasteiger partial charge in [0.15, 0.2) is 0 Å². The van der Waals surface area contributed by atoms with Crippen LogP contribution in [0.1, 0.15) is 18.4 Å². The smallest absolute Gasteiger partial charge is 0.119 e. The van der Waals surface area contributed by atoms with Gasteiger partial charge in [-0.1, -0.05) is 11.8 Å². The standard InChI is InChI=1S/C16H21ClO3/c1-18-13-14-19-11-4-12-20-16-8-6-15(7-9-16)5-2-3-10-17/h6-9H,3-4,10-14H2,1H3. The van der Waals surface area contributed by atoms with Crippen molar-refractivity contribution in [2.24, 2.45) is 0 Å². The number of rotatable bonds is 9. The van der Waals surface area contributed by atoms with E-state index in [1.54, 1.807) is 7.11 Å². The second-order valence-electron chi connectivity index (χ2n) is 4.07. The van der Waals surface area contributed by atoms with Crippen molar-refractivity contribution in [1.29, 1.82) is 0 Å². The van der Waals surface area contributed by atoms with Crippen molar-refractivity contribution in [3.8, 4) is 17.6 Å². The molecule has 4 heteroatoms. The summed E-state index contributed by atoms with van der Waals surface area (Å²) in [5, 5.41) is 0. The van der Waals surface area contributed by atoms with Gasteiger partial charge in [0.25, 0.3) is 0 Å². The Morgan fingerprint density at radius 1 is 1.05 bits per heavy atom. The molecule has 0 fully saturated rings. The van der Waals surface area contributed by atoms with Gasteiger partial charge in [0.05, 0.1) is 19.8 Å². The van der Waals surface area contributed by atoms with Crippen molar-refractivity contribution in [3.05, 3.63) is 29.8 Å². The minimum atomic E-state index is 0.570. The van der Waals surface area contributed by atoms with Crippen molar-refractivity contribution >= 4 is 11.6 Å². The molecule has 0 bridgehead atoms. The van der Waals surface area contributed by atoms with E-state index in [0.29, 0.717) is 38.7 Å². The Labute approximate surface area is 126 Å². The van der Waals surface area contributed by atoms with Crippen LogP contribution in [-0.2, 0) is 9.47 Å². The van der Waals surface area contributed by atoms with Gasteiger partial charge >= 0.3 is 0 Å². The number of benzene rings is 1. The molecule has 3 nitrogen and oxygen atoms in total. The van der Waals surface area contributed by atoms with Gasteiger partial charge in [0.2, 0.25) is 0 Å². The Kier molecular flexibility index (Phi) is 9.77. The zero-order chi connectivity index (χ0) is 14.5. The third kappa shape index (κ3) is 8.06. The maximum absolute atomic E-state index is 5.61. The third-order valence-electron chi connectivity index (χ3n) is 2.44. The third-order valence-corrected chi connectivity index (χ3v) is 2.63. The van der Waals surface area contributed by atoms with Gasteiger partial charge in [-0.2, -0.15) is 0 Å². The van der Waals surface area contributed by atoms with Crippen LogP contribution in [0.4, 0.5) is 0 Å². The molecular weight excluding hydrogens is 276 g/mol. The minimum Gasteiger partial charge on any atom is -0.494 e. The summed E-state index contributed by atoms with van der Waals surface area (Å²) in [5.74, 6) is 7.47. The highest BCUT2D eigenvalue weighted by molar-refractivity contribution is 6.18. The number of ether oxygens (including phenoxy) is 3. The molecule has 0 aliphatic rings. The first-order valence-electron chi connectivity index (χ1n) is 6.71. The molecule has 0 N–H and O–H groups in total. The lowest BCUT2D eigenvalue weighted by Crippen LogP contribution is -2.06. The summed E-state index contributed by atoms with van der Waals surface area (Å²) >= 11 is 5.56. The predicted octanol–water partition coefficient (Wildman–Crippen LogP) is 3.10. The summed E-state index contributed by atoms with van der Waals surface area (Å²) in [4.78, 5) is 0. The fourth-order valence-electron chi connectivity index (χ4n) is 1.44. The Morgan fingerprint density at radius 2 is 1.85 bits per heavy atom. The van der Waals surface area contributed by atoms with Gasteiger partial charge < -0.3 is 14.2 Å². The molecule has 0 saturated carbocycles. The van der Waals surface area contributed by atoms with E-state index in [-0.39, 0.29) is 0 Å². The van der Waals surface area contributed by atoms with Crippen molar-refractivity contribution in [2.75, 3.05) is 39.4 Å². The van der Waals surface area contributed by atoms with Crippen molar-refractivity contribution in [1.82, 2.24) is 0 Å². The van der Waals surface area contributed by atoms with E-state index in [2.05, 4.69) is 11.8 Å². The van der Waals surface area contributed by atoms with Crippen LogP contribution in [0, 0.1) is 11.8 Å². The largest absolute Gasteiger partial charge is 0.494 e. The van der Waals surface area contributed by atoms with Crippen LogP contribution in [0.2, 0.25) is 0 Å². The van der Waals surface area contributed by atoms with E-state index in [4.69, 9.17) is 25.8 Å². The van der Waals surface area contributed by atoms with Crippen molar-refractivity contribution in [3.63, 3.8) is 0 Å². The fourth-order valence-corrected chi connectivity index (χ4v) is 1.54. The Bertz CT molecular complexity index is 406. The molecule has 0 aromatic heterocycles. The monoisotopic (exact) mass is 296 g/mol. The van der Waals surface area contributed by atoms with Gasteiger partial charge in [-0.3, -0.25) is 0 Å². The van der Waals surface area contributed by atoms with E-state index in [1.165, 1.54) is 0 Å². The lowest BCUT2D eigenvalue weighted by atomic mass is 10.2. The number of hydrogen-bond donors (Lipinski definition) is 0. The molecule has 0 saturated heterocycles. The number of methoxy groups -OCH3 is 1. The molecule has 1 aromatic rings. The van der Waals surface area contributed by atoms with Crippen LogP contribution in [0.5, 0.6) is 5.75 Å². The molecule has 0 atom stereocenters. The normalized spacial score (nSPS) is 9.90. The molecular formula is C16H21ClO3. The van der Waals surface area contributed by atoms with Gasteiger partial charge in [0.1, 0.15) is 5.75 Å². The molecule has 0 heterocycles. The van der Waals surface area contributed by atoms with Crippen LogP contribution >= 0.6 is 11.6 Å². The summed E-state index contributed by atoms with van der Waals surface area (Å²) in [6.45, 7) is 2.59. The molecule has 20 heavy (non-hydrogen) atoms. The molecule has 0 spiro atoms. The SMILES string of the molecule is COCCOCCCOc1ccc(C#CCCCl)cc1. The quantitative estimate of drug-likeness (QED) is 0.398. The summed E-state index contributed by atoms with van der Waals surface area (Å²) in [6, 6.07) is 7.75. The van der Waals surface area contributed by atoms with Crippen LogP contribution in [0.15, 0.2) is 24.3 Å². The zero-order valence-electron chi connectivity index (χ0n) is 11.9. The number of alkyl halides is 1. The molecule has 0 amide bonds. The molecule has 0 unspecified atom stereocenters. The van der Waals surface area contributed by atoms with Gasteiger partial charge in [0, 0.05) is 38.0 Å². The summed E-state index contributed by atoms with van der Waals surface area (Å²) in [6.07, 6.45) is 1.57. The lowest BCUT2D eigenvalue weighted by Gasteiger charge is -2.06. The molecule has 0 radical (unpaired) electrons. The zero-order valence-corrected chi connectivity index (χ0v) is 12.6. The van der Waals surface area contributed by atoms with E-state index in [9.17, 15) is 0 Å². The van der Waals surface area contributed by atoms with Crippen LogP contribution < -0.4 is 4.74 Å². The van der Waals surface area contributed by atoms with Gasteiger partial charge in [-0.15, -0.1) is 11.6 Å². The first kappa shape index (κ1) is 16.8. The Balaban J connectivity index is 2.17. The highest BCUT2D eigenvalue weighted by Gasteiger charge is 1.94. The minimum absolute atomic E-state index is 0.570. The van der Waals surface area contributed by atoms with Gasteiger partial charge in [-0.25, -0.2) is 0 Å². The molecule has 110 valence electrons. The second kappa shape index (κ2) is 11.6. The van der Waals surface area contributed by atoms with Crippen LogP contribution in [-0.4, -0.2) is 39.4 Å². The average molecular weight is 297 g/mol. The second-order valence-corrected chi connectivity index (χ2v) is 4.45. The van der Waals surface area contributed by atoms with Gasteiger partial charge in [-0.05, 0) is 24.3 Å². The predicted molar refractivity (Wildman–Crippen MR) is 81.5 cm³/mol. The van der Waals surface area contributed by atoms with Crippen LogP contribution in [0.3, 0.4) is 0 Å². The first-order valence-corrected chi connectivity index (χ1v) is 7.24. The number of hydrogen-bond acceptors (Lipinski definition) is 3. The molecule has 0 aliphatic heterocycles. The molecule has 0 aliphatic carbocycles. The van der Waals surface area contributed by atoms with Crippen molar-refractivity contribution < 1.29 is 14.2 Å². The van der Waals surface area contributed by atoms with E-state index in [0.717, 1.165) is 17.7 Å². The Hall–Kier alpha value is -1.21. The lowest BCUT2D eigenvalue weighted by molar-refractivity contribution is 0.0644. The van der Waals surface area contributed by atoms with Crippen molar-refractivity contribution in [2.45, 2.75) is 12.8 Å². The summed E-state index contributed by atoms with van der Waals surface area (Å²) < 4.78 is 15.9. The maximum Gasteiger partial charge on any atom is 0.119 e. The van der Waals surface area contributed by atoms with Crippen LogP contribution in [0.25, 0.3) is 0 Å². The summed E-state index contributed by atoms with van der Waals surface area (Å²) in [5.41, 5.74) is 0.977.